The second-order valence-corrected chi connectivity index (χ2v) is 10.9. The van der Waals surface area contributed by atoms with E-state index in [0.29, 0.717) is 23.6 Å². The average Bonchev–Trinajstić information content (AvgIpc) is 3.09. The molecule has 35 heavy (non-hydrogen) atoms. The average molecular weight is 480 g/mol. The molecule has 2 bridgehead atoms. The molecule has 2 aromatic rings. The van der Waals surface area contributed by atoms with Crippen molar-refractivity contribution in [3.63, 3.8) is 0 Å². The molecule has 6 heteroatoms. The molecular formula is C29H41N3O3. The van der Waals surface area contributed by atoms with Crippen molar-refractivity contribution >= 4 is 17.0 Å². The second-order valence-electron chi connectivity index (χ2n) is 10.9. The minimum Gasteiger partial charge on any atom is -0.461 e. The van der Waals surface area contributed by atoms with Crippen LogP contribution in [0.5, 0.6) is 0 Å². The van der Waals surface area contributed by atoms with Gasteiger partial charge in [0, 0.05) is 24.2 Å². The van der Waals surface area contributed by atoms with Crippen molar-refractivity contribution in [1.29, 1.82) is 0 Å². The molecule has 6 nitrogen and oxygen atoms in total. The predicted octanol–water partition coefficient (Wildman–Crippen LogP) is 6.02. The molecular weight excluding hydrogens is 438 g/mol. The smallest absolute Gasteiger partial charge is 0.362 e. The van der Waals surface area contributed by atoms with Crippen molar-refractivity contribution in [2.45, 2.75) is 121 Å². The van der Waals surface area contributed by atoms with Crippen LogP contribution in [0.25, 0.3) is 11.0 Å². The number of aromatic nitrogens is 2. The summed E-state index contributed by atoms with van der Waals surface area (Å²) in [4.78, 5) is 33.4. The molecule has 0 radical (unpaired) electrons. The number of piperidine rings is 1. The number of rotatable bonds is 4. The number of fused-ring (bicyclic) bond motifs is 3. The molecule has 3 aliphatic rings. The first-order valence-corrected chi connectivity index (χ1v) is 14.1. The monoisotopic (exact) mass is 479 g/mol. The van der Waals surface area contributed by atoms with Crippen molar-refractivity contribution in [2.75, 3.05) is 6.61 Å². The topological polar surface area (TPSA) is 64.4 Å². The van der Waals surface area contributed by atoms with E-state index in [1.165, 1.54) is 77.0 Å². The van der Waals surface area contributed by atoms with Gasteiger partial charge in [0.1, 0.15) is 0 Å². The third-order valence-corrected chi connectivity index (χ3v) is 8.64. The van der Waals surface area contributed by atoms with E-state index in [4.69, 9.17) is 4.74 Å². The predicted molar refractivity (Wildman–Crippen MR) is 139 cm³/mol. The summed E-state index contributed by atoms with van der Waals surface area (Å²) in [5.74, 6) is -0.616. The van der Waals surface area contributed by atoms with Gasteiger partial charge >= 0.3 is 5.97 Å². The Morgan fingerprint density at radius 1 is 0.857 bits per heavy atom. The Hall–Kier alpha value is -2.21. The minimum atomic E-state index is -0.616. The number of esters is 1. The van der Waals surface area contributed by atoms with Gasteiger partial charge < -0.3 is 9.30 Å². The summed E-state index contributed by atoms with van der Waals surface area (Å²) in [5, 5.41) is 0. The van der Waals surface area contributed by atoms with Crippen LogP contribution in [-0.2, 0) is 4.74 Å². The van der Waals surface area contributed by atoms with E-state index in [1.807, 2.05) is 28.8 Å². The van der Waals surface area contributed by atoms with E-state index in [2.05, 4.69) is 9.88 Å². The lowest BCUT2D eigenvalue weighted by atomic mass is 9.91. The van der Waals surface area contributed by atoms with Gasteiger partial charge in [0.2, 0.25) is 5.69 Å². The largest absolute Gasteiger partial charge is 0.461 e. The number of carbonyl (C=O) groups excluding carboxylic acids is 1. The Morgan fingerprint density at radius 3 is 2.09 bits per heavy atom. The summed E-state index contributed by atoms with van der Waals surface area (Å²) in [7, 11) is 0. The van der Waals surface area contributed by atoms with Gasteiger partial charge in [-0.15, -0.1) is 0 Å². The molecule has 1 aromatic carbocycles. The fourth-order valence-electron chi connectivity index (χ4n) is 7.10. The number of carbonyl (C=O) groups is 1. The highest BCUT2D eigenvalue weighted by molar-refractivity contribution is 5.89. The third kappa shape index (κ3) is 5.18. The molecule has 1 saturated carbocycles. The van der Waals surface area contributed by atoms with Crippen molar-refractivity contribution in [3.8, 4) is 0 Å². The van der Waals surface area contributed by atoms with Crippen LogP contribution in [-0.4, -0.2) is 45.2 Å². The Kier molecular flexibility index (Phi) is 7.86. The maximum Gasteiger partial charge on any atom is 0.362 e. The van der Waals surface area contributed by atoms with E-state index >= 15 is 0 Å². The Morgan fingerprint density at radius 2 is 1.46 bits per heavy atom. The molecule has 0 N–H and O–H groups in total. The van der Waals surface area contributed by atoms with Crippen LogP contribution in [0, 0.1) is 0 Å². The van der Waals surface area contributed by atoms with Gasteiger partial charge in [-0.25, -0.2) is 9.78 Å². The molecule has 0 spiro atoms. The quantitative estimate of drug-likeness (QED) is 0.502. The summed E-state index contributed by atoms with van der Waals surface area (Å²) >= 11 is 0. The molecule has 5 rings (SSSR count). The first-order chi connectivity index (χ1) is 17.2. The van der Waals surface area contributed by atoms with Crippen molar-refractivity contribution in [1.82, 2.24) is 14.5 Å². The Labute approximate surface area is 209 Å². The summed E-state index contributed by atoms with van der Waals surface area (Å²) in [5.41, 5.74) is 1.14. The first kappa shape index (κ1) is 24.5. The molecule has 2 saturated heterocycles. The molecule has 0 amide bonds. The maximum absolute atomic E-state index is 13.6. The van der Waals surface area contributed by atoms with Crippen molar-refractivity contribution in [3.05, 3.63) is 40.3 Å². The minimum absolute atomic E-state index is 0.0799. The molecule has 190 valence electrons. The van der Waals surface area contributed by atoms with Crippen molar-refractivity contribution in [2.24, 2.45) is 0 Å². The van der Waals surface area contributed by atoms with Gasteiger partial charge in [-0.3, -0.25) is 9.69 Å². The van der Waals surface area contributed by atoms with Crippen LogP contribution in [0.15, 0.2) is 29.1 Å². The molecule has 1 aromatic heterocycles. The number of para-hydroxylation sites is 2. The lowest BCUT2D eigenvalue weighted by Crippen LogP contribution is -2.50. The van der Waals surface area contributed by atoms with E-state index in [1.54, 1.807) is 6.92 Å². The highest BCUT2D eigenvalue weighted by Crippen LogP contribution is 2.44. The van der Waals surface area contributed by atoms with Crippen LogP contribution in [0.2, 0.25) is 0 Å². The van der Waals surface area contributed by atoms with E-state index in [9.17, 15) is 9.59 Å². The number of benzene rings is 1. The highest BCUT2D eigenvalue weighted by atomic mass is 16.5. The lowest BCUT2D eigenvalue weighted by molar-refractivity contribution is 0.0495. The van der Waals surface area contributed by atoms with E-state index < -0.39 is 5.97 Å². The van der Waals surface area contributed by atoms with Gasteiger partial charge in [-0.2, -0.15) is 0 Å². The summed E-state index contributed by atoms with van der Waals surface area (Å²) < 4.78 is 7.06. The first-order valence-electron chi connectivity index (χ1n) is 14.1. The SMILES string of the molecule is CCOC(=O)c1nc2ccccc2n(C2C[C@H]3CC[C@@H](C2)N3C2CCCCCCCCCC2)c1=O. The number of hydrogen-bond acceptors (Lipinski definition) is 5. The van der Waals surface area contributed by atoms with Gasteiger partial charge in [0.15, 0.2) is 0 Å². The number of nitrogens with zero attached hydrogens (tertiary/aromatic N) is 3. The fourth-order valence-corrected chi connectivity index (χ4v) is 7.10. The fraction of sp³-hybridized carbons (Fsp3) is 0.690. The molecule has 3 fully saturated rings. The van der Waals surface area contributed by atoms with E-state index in [-0.39, 0.29) is 23.9 Å². The van der Waals surface area contributed by atoms with Gasteiger partial charge in [-0.1, -0.05) is 63.5 Å². The highest BCUT2D eigenvalue weighted by Gasteiger charge is 2.44. The third-order valence-electron chi connectivity index (χ3n) is 8.64. The van der Waals surface area contributed by atoms with Crippen LogP contribution in [0.4, 0.5) is 0 Å². The molecule has 1 unspecified atom stereocenters. The van der Waals surface area contributed by atoms with Gasteiger partial charge in [0.05, 0.1) is 17.6 Å². The maximum atomic E-state index is 13.6. The normalized spacial score (nSPS) is 26.9. The second kappa shape index (κ2) is 11.2. The van der Waals surface area contributed by atoms with Crippen molar-refractivity contribution < 1.29 is 9.53 Å². The van der Waals surface area contributed by atoms with Crippen LogP contribution < -0.4 is 5.56 Å². The Bertz CT molecular complexity index is 1050. The summed E-state index contributed by atoms with van der Waals surface area (Å²) in [6.07, 6.45) is 18.1. The van der Waals surface area contributed by atoms with Gasteiger partial charge in [0.25, 0.3) is 5.56 Å². The zero-order valence-corrected chi connectivity index (χ0v) is 21.3. The molecule has 1 aliphatic carbocycles. The van der Waals surface area contributed by atoms with Crippen LogP contribution in [0.3, 0.4) is 0 Å². The molecule has 3 atom stereocenters. The summed E-state index contributed by atoms with van der Waals surface area (Å²) in [6, 6.07) is 9.56. The molecule has 3 heterocycles. The number of hydrogen-bond donors (Lipinski definition) is 0. The Balaban J connectivity index is 1.42. The zero-order chi connectivity index (χ0) is 24.2. The standard InChI is InChI=1S/C29H41N3O3/c1-2-35-29(34)27-28(33)32(26-16-12-11-15-25(26)30-27)24-19-22-17-18-23(20-24)31(22)21-13-9-7-5-3-4-6-8-10-14-21/h11-12,15-16,21-24H,2-10,13-14,17-20H2,1H3/t22-,23+,24?. The number of ether oxygens (including phenoxy) is 1. The van der Waals surface area contributed by atoms with E-state index in [0.717, 1.165) is 18.4 Å². The van der Waals surface area contributed by atoms with Gasteiger partial charge in [-0.05, 0) is 57.6 Å². The van der Waals surface area contributed by atoms with Crippen LogP contribution >= 0.6 is 0 Å². The van der Waals surface area contributed by atoms with Crippen LogP contribution in [0.1, 0.15) is 113 Å². The zero-order valence-electron chi connectivity index (χ0n) is 21.3. The summed E-state index contributed by atoms with van der Waals surface area (Å²) in [6.45, 7) is 1.99. The molecule has 2 aliphatic heterocycles. The lowest BCUT2D eigenvalue weighted by Gasteiger charge is -2.44.